The zero-order valence-corrected chi connectivity index (χ0v) is 10.5. The summed E-state index contributed by atoms with van der Waals surface area (Å²) in [6.07, 6.45) is 0. The molecular formula is C13H13ClN2O. The van der Waals surface area contributed by atoms with Gasteiger partial charge in [-0.2, -0.15) is 0 Å². The van der Waals surface area contributed by atoms with E-state index in [-0.39, 0.29) is 6.04 Å². The van der Waals surface area contributed by atoms with Crippen molar-refractivity contribution in [2.45, 2.75) is 26.4 Å². The fraction of sp³-hybridized carbons (Fsp3) is 0.308. The topological polar surface area (TPSA) is 31.0 Å². The molecule has 1 aromatic heterocycles. The molecule has 88 valence electrons. The van der Waals surface area contributed by atoms with Crippen molar-refractivity contribution in [2.75, 3.05) is 0 Å². The summed E-state index contributed by atoms with van der Waals surface area (Å²) in [5, 5.41) is 13.7. The average molecular weight is 249 g/mol. The Bertz CT molecular complexity index is 642. The maximum absolute atomic E-state index is 11.9. The van der Waals surface area contributed by atoms with Gasteiger partial charge in [0.1, 0.15) is 5.69 Å². The van der Waals surface area contributed by atoms with Gasteiger partial charge in [-0.15, -0.1) is 0 Å². The Morgan fingerprint density at radius 3 is 2.94 bits per heavy atom. The van der Waals surface area contributed by atoms with E-state index in [4.69, 9.17) is 11.6 Å². The molecule has 3 rings (SSSR count). The van der Waals surface area contributed by atoms with Crippen LogP contribution >= 0.6 is 11.6 Å². The fourth-order valence-corrected chi connectivity index (χ4v) is 2.70. The molecule has 0 amide bonds. The van der Waals surface area contributed by atoms with E-state index in [0.29, 0.717) is 0 Å². The Morgan fingerprint density at radius 2 is 2.18 bits per heavy atom. The number of hydroxylamine groups is 1. The molecule has 0 N–H and O–H groups in total. The number of rotatable bonds is 0. The Morgan fingerprint density at radius 1 is 1.41 bits per heavy atom. The molecule has 0 bridgehead atoms. The van der Waals surface area contributed by atoms with Crippen LogP contribution in [0, 0.1) is 5.21 Å². The van der Waals surface area contributed by atoms with E-state index in [9.17, 15) is 5.21 Å². The van der Waals surface area contributed by atoms with Crippen molar-refractivity contribution < 1.29 is 4.74 Å². The van der Waals surface area contributed by atoms with E-state index < -0.39 is 0 Å². The first-order valence-corrected chi connectivity index (χ1v) is 6.05. The van der Waals surface area contributed by atoms with Crippen LogP contribution in [0.1, 0.15) is 19.5 Å². The van der Waals surface area contributed by atoms with Crippen LogP contribution in [-0.2, 0) is 6.54 Å². The molecule has 1 aliphatic heterocycles. The lowest BCUT2D eigenvalue weighted by molar-refractivity contribution is -0.502. The SMILES string of the molecule is CC1=[N+]([O-])C(C)Cn2c1cc1cc(Cl)ccc12. The number of nitrogens with zero attached hydrogens (tertiary/aromatic N) is 2. The van der Waals surface area contributed by atoms with Gasteiger partial charge in [0.15, 0.2) is 6.04 Å². The summed E-state index contributed by atoms with van der Waals surface area (Å²) in [5.74, 6) is 0. The highest BCUT2D eigenvalue weighted by molar-refractivity contribution is 6.31. The maximum atomic E-state index is 11.9. The Balaban J connectivity index is 2.34. The summed E-state index contributed by atoms with van der Waals surface area (Å²) in [6.45, 7) is 4.54. The molecule has 2 aromatic rings. The van der Waals surface area contributed by atoms with Crippen LogP contribution < -0.4 is 0 Å². The number of hydrogen-bond donors (Lipinski definition) is 0. The van der Waals surface area contributed by atoms with Gasteiger partial charge >= 0.3 is 0 Å². The van der Waals surface area contributed by atoms with Crippen molar-refractivity contribution in [2.24, 2.45) is 0 Å². The number of benzene rings is 1. The lowest BCUT2D eigenvalue weighted by atomic mass is 10.2. The molecule has 1 atom stereocenters. The number of fused-ring (bicyclic) bond motifs is 3. The largest absolute Gasteiger partial charge is 0.623 e. The number of aromatic nitrogens is 1. The first-order valence-electron chi connectivity index (χ1n) is 5.67. The van der Waals surface area contributed by atoms with Crippen LogP contribution in [0.2, 0.25) is 5.02 Å². The van der Waals surface area contributed by atoms with Gasteiger partial charge < -0.3 is 9.77 Å². The molecule has 0 radical (unpaired) electrons. The molecular weight excluding hydrogens is 236 g/mol. The zero-order valence-electron chi connectivity index (χ0n) is 9.77. The zero-order chi connectivity index (χ0) is 12.2. The third-order valence-electron chi connectivity index (χ3n) is 3.41. The minimum absolute atomic E-state index is 0.0196. The molecule has 0 saturated heterocycles. The third-order valence-corrected chi connectivity index (χ3v) is 3.65. The molecule has 1 unspecified atom stereocenters. The minimum Gasteiger partial charge on any atom is -0.623 e. The van der Waals surface area contributed by atoms with Crippen LogP contribution in [0.3, 0.4) is 0 Å². The summed E-state index contributed by atoms with van der Waals surface area (Å²) in [7, 11) is 0. The number of halogens is 1. The molecule has 0 fully saturated rings. The van der Waals surface area contributed by atoms with Crippen LogP contribution in [0.4, 0.5) is 0 Å². The van der Waals surface area contributed by atoms with E-state index in [1.165, 1.54) is 0 Å². The van der Waals surface area contributed by atoms with Gasteiger partial charge in [0.05, 0.1) is 6.54 Å². The molecule has 4 heteroatoms. The third kappa shape index (κ3) is 1.46. The second-order valence-corrected chi connectivity index (χ2v) is 5.04. The molecule has 1 aromatic carbocycles. The van der Waals surface area contributed by atoms with Gasteiger partial charge in [-0.1, -0.05) is 11.6 Å². The van der Waals surface area contributed by atoms with Crippen molar-refractivity contribution in [3.63, 3.8) is 0 Å². The lowest BCUT2D eigenvalue weighted by Crippen LogP contribution is -2.34. The maximum Gasteiger partial charge on any atom is 0.208 e. The Labute approximate surface area is 105 Å². The van der Waals surface area contributed by atoms with Crippen LogP contribution in [0.15, 0.2) is 24.3 Å². The van der Waals surface area contributed by atoms with E-state index in [1.807, 2.05) is 38.1 Å². The van der Waals surface area contributed by atoms with E-state index in [2.05, 4.69) is 4.57 Å². The molecule has 0 saturated carbocycles. The average Bonchev–Trinajstić information content (AvgIpc) is 2.64. The highest BCUT2D eigenvalue weighted by Crippen LogP contribution is 2.26. The van der Waals surface area contributed by atoms with E-state index in [1.54, 1.807) is 0 Å². The second kappa shape index (κ2) is 3.50. The summed E-state index contributed by atoms with van der Waals surface area (Å²) in [4.78, 5) is 0. The first kappa shape index (κ1) is 10.7. The standard InChI is InChI=1S/C13H13ClN2O/c1-8-7-15-12-4-3-11(14)5-10(12)6-13(15)9(2)16(8)17/h3-6,8H,7H2,1-2H3. The summed E-state index contributed by atoms with van der Waals surface area (Å²) < 4.78 is 3.29. The Kier molecular flexibility index (Phi) is 2.20. The molecule has 1 aliphatic rings. The molecule has 0 spiro atoms. The van der Waals surface area contributed by atoms with Gasteiger partial charge in [0.25, 0.3) is 0 Å². The lowest BCUT2D eigenvalue weighted by Gasteiger charge is -2.23. The predicted octanol–water partition coefficient (Wildman–Crippen LogP) is 3.02. The van der Waals surface area contributed by atoms with Gasteiger partial charge in [-0.25, -0.2) is 4.74 Å². The van der Waals surface area contributed by atoms with Crippen molar-refractivity contribution in [1.82, 2.24) is 4.57 Å². The molecule has 3 nitrogen and oxygen atoms in total. The number of hydrogen-bond acceptors (Lipinski definition) is 1. The van der Waals surface area contributed by atoms with E-state index >= 15 is 0 Å². The van der Waals surface area contributed by atoms with Crippen molar-refractivity contribution in [3.05, 3.63) is 40.2 Å². The van der Waals surface area contributed by atoms with Gasteiger partial charge in [0.2, 0.25) is 5.71 Å². The van der Waals surface area contributed by atoms with Crippen molar-refractivity contribution >= 4 is 28.2 Å². The van der Waals surface area contributed by atoms with Crippen molar-refractivity contribution in [3.8, 4) is 0 Å². The Hall–Kier alpha value is -1.48. The van der Waals surface area contributed by atoms with Crippen LogP contribution in [0.25, 0.3) is 10.9 Å². The minimum atomic E-state index is -0.0196. The summed E-state index contributed by atoms with van der Waals surface area (Å²) in [5.41, 5.74) is 2.91. The van der Waals surface area contributed by atoms with Crippen LogP contribution in [-0.4, -0.2) is 21.1 Å². The first-order chi connectivity index (χ1) is 8.08. The monoisotopic (exact) mass is 248 g/mol. The normalized spacial score (nSPS) is 19.8. The quantitative estimate of drug-likeness (QED) is 0.521. The highest BCUT2D eigenvalue weighted by Gasteiger charge is 2.26. The molecule has 0 aliphatic carbocycles. The van der Waals surface area contributed by atoms with Crippen LogP contribution in [0.5, 0.6) is 0 Å². The second-order valence-electron chi connectivity index (χ2n) is 4.60. The fourth-order valence-electron chi connectivity index (χ4n) is 2.52. The van der Waals surface area contributed by atoms with Gasteiger partial charge in [0, 0.05) is 29.8 Å². The molecule has 17 heavy (non-hydrogen) atoms. The van der Waals surface area contributed by atoms with E-state index in [0.717, 1.165) is 38.6 Å². The van der Waals surface area contributed by atoms with Gasteiger partial charge in [-0.05, 0) is 24.3 Å². The summed E-state index contributed by atoms with van der Waals surface area (Å²) in [6, 6.07) is 7.86. The molecule has 2 heterocycles. The predicted molar refractivity (Wildman–Crippen MR) is 69.8 cm³/mol. The smallest absolute Gasteiger partial charge is 0.208 e. The van der Waals surface area contributed by atoms with Gasteiger partial charge in [-0.3, -0.25) is 0 Å². The van der Waals surface area contributed by atoms with Crippen molar-refractivity contribution in [1.29, 1.82) is 0 Å². The summed E-state index contributed by atoms with van der Waals surface area (Å²) >= 11 is 5.99. The highest BCUT2D eigenvalue weighted by atomic mass is 35.5.